The highest BCUT2D eigenvalue weighted by atomic mass is 32.2. The van der Waals surface area contributed by atoms with Gasteiger partial charge in [0.05, 0.1) is 0 Å². The van der Waals surface area contributed by atoms with Crippen LogP contribution in [0, 0.1) is 0 Å². The molecular weight excluding hydrogens is 187 g/mol. The van der Waals surface area contributed by atoms with Gasteiger partial charge in [0.1, 0.15) is 0 Å². The van der Waals surface area contributed by atoms with Crippen LogP contribution in [0.2, 0.25) is 0 Å². The van der Waals surface area contributed by atoms with Crippen molar-refractivity contribution in [1.29, 1.82) is 0 Å². The van der Waals surface area contributed by atoms with E-state index >= 15 is 0 Å². The molecule has 0 saturated carbocycles. The summed E-state index contributed by atoms with van der Waals surface area (Å²) in [7, 11) is -4.14. The van der Waals surface area contributed by atoms with Crippen LogP contribution in [0.25, 0.3) is 0 Å². The summed E-state index contributed by atoms with van der Waals surface area (Å²) in [5.41, 5.74) is 4.02. The van der Waals surface area contributed by atoms with E-state index in [2.05, 4.69) is 10.8 Å². The van der Waals surface area contributed by atoms with Gasteiger partial charge in [0.15, 0.2) is 0 Å². The molecule has 0 amide bonds. The lowest BCUT2D eigenvalue weighted by atomic mass is 10.6. The molecular formula is C4H13N2O3PS. The second-order valence-corrected chi connectivity index (χ2v) is 4.35. The summed E-state index contributed by atoms with van der Waals surface area (Å²) < 4.78 is 9.10. The van der Waals surface area contributed by atoms with Crippen LogP contribution in [0.1, 0.15) is 0 Å². The predicted octanol–water partition coefficient (Wildman–Crippen LogP) is -0.639. The van der Waals surface area contributed by atoms with E-state index in [1.165, 1.54) is 24.6 Å². The highest BCUT2D eigenvalue weighted by Crippen LogP contribution is 2.20. The Bertz CT molecular complexity index is 116. The molecule has 11 heavy (non-hydrogen) atoms. The van der Waals surface area contributed by atoms with Crippen molar-refractivity contribution < 1.29 is 14.4 Å². The molecule has 0 aliphatic carbocycles. The average Bonchev–Trinajstić information content (AvgIpc) is 1.88. The molecule has 1 heterocycles. The van der Waals surface area contributed by atoms with E-state index in [1.807, 2.05) is 11.8 Å². The van der Waals surface area contributed by atoms with Crippen molar-refractivity contribution in [2.24, 2.45) is 5.50 Å². The molecule has 1 saturated heterocycles. The summed E-state index contributed by atoms with van der Waals surface area (Å²) in [4.78, 5) is 14.8. The minimum Gasteiger partial charge on any atom is -0.315 e. The van der Waals surface area contributed by atoms with Crippen molar-refractivity contribution in [2.45, 2.75) is 0 Å². The summed E-state index contributed by atoms with van der Waals surface area (Å²) in [5.74, 6) is 2.61. The zero-order chi connectivity index (χ0) is 8.74. The normalized spacial score (nSPS) is 18.5. The van der Waals surface area contributed by atoms with Gasteiger partial charge in [-0.3, -0.25) is 0 Å². The van der Waals surface area contributed by atoms with Gasteiger partial charge in [0, 0.05) is 24.6 Å². The molecule has 0 unspecified atom stereocenters. The van der Waals surface area contributed by atoms with Crippen molar-refractivity contribution in [3.8, 4) is 0 Å². The van der Waals surface area contributed by atoms with E-state index in [0.717, 1.165) is 0 Å². The van der Waals surface area contributed by atoms with Crippen LogP contribution in [-0.2, 0) is 4.57 Å². The highest BCUT2D eigenvalue weighted by Gasteiger charge is 1.96. The molecule has 0 atom stereocenters. The molecule has 1 fully saturated rings. The molecule has 1 aliphatic rings. The molecule has 0 radical (unpaired) electrons. The molecule has 0 aromatic carbocycles. The summed E-state index contributed by atoms with van der Waals surface area (Å²) in [6.07, 6.45) is 0. The van der Waals surface area contributed by atoms with Gasteiger partial charge in [0.2, 0.25) is 0 Å². The summed E-state index contributed by atoms with van der Waals surface area (Å²) in [5, 5.41) is 3.26. The van der Waals surface area contributed by atoms with Gasteiger partial charge >= 0.3 is 7.75 Å². The minimum atomic E-state index is -4.14. The molecule has 5 nitrogen and oxygen atoms in total. The van der Waals surface area contributed by atoms with E-state index in [0.29, 0.717) is 0 Å². The van der Waals surface area contributed by atoms with Crippen molar-refractivity contribution in [3.63, 3.8) is 0 Å². The predicted molar refractivity (Wildman–Crippen MR) is 46.4 cm³/mol. The molecule has 7 heteroatoms. The Balaban J connectivity index is 0.000000187. The number of nitrogens with two attached hydrogens (primary N) is 1. The molecule has 1 aliphatic heterocycles. The lowest BCUT2D eigenvalue weighted by molar-refractivity contribution is 0.374. The fraction of sp³-hybridized carbons (Fsp3) is 1.00. The number of nitrogens with one attached hydrogen (secondary N) is 1. The standard InChI is InChI=1S/C4H9NS.H4NO3P/c1-3-6-4-2-5-1;1-5(2,3)4/h5H,1-4H2;(H4,1,2,3,4). The van der Waals surface area contributed by atoms with Crippen LogP contribution < -0.4 is 10.8 Å². The zero-order valence-electron chi connectivity index (χ0n) is 6.06. The third kappa shape index (κ3) is 17.9. The maximum atomic E-state index is 9.10. The average molecular weight is 200 g/mol. The van der Waals surface area contributed by atoms with Crippen LogP contribution in [0.15, 0.2) is 0 Å². The number of rotatable bonds is 0. The molecule has 68 valence electrons. The third-order valence-corrected chi connectivity index (χ3v) is 1.83. The fourth-order valence-corrected chi connectivity index (χ4v) is 1.30. The lowest BCUT2D eigenvalue weighted by Crippen LogP contribution is -2.24. The van der Waals surface area contributed by atoms with Crippen molar-refractivity contribution in [3.05, 3.63) is 0 Å². The number of thioether (sulfide) groups is 1. The molecule has 0 aromatic rings. The van der Waals surface area contributed by atoms with Gasteiger partial charge in [-0.25, -0.2) is 10.1 Å². The summed E-state index contributed by atoms with van der Waals surface area (Å²) in [6.45, 7) is 2.43. The quantitative estimate of drug-likeness (QED) is 0.388. The highest BCUT2D eigenvalue weighted by molar-refractivity contribution is 7.99. The first-order valence-corrected chi connectivity index (χ1v) is 5.96. The number of hydrogen-bond acceptors (Lipinski definition) is 3. The van der Waals surface area contributed by atoms with E-state index in [1.54, 1.807) is 0 Å². The van der Waals surface area contributed by atoms with Crippen LogP contribution in [0.3, 0.4) is 0 Å². The number of hydrogen-bond donors (Lipinski definition) is 4. The first-order valence-electron chi connectivity index (χ1n) is 3.13. The first kappa shape index (κ1) is 11.4. The molecule has 1 rings (SSSR count). The SMILES string of the molecule is C1CSCCN1.NP(=O)(O)O. The topological polar surface area (TPSA) is 95.6 Å². The molecule has 0 aromatic heterocycles. The smallest absolute Gasteiger partial charge is 0.315 e. The second-order valence-electron chi connectivity index (χ2n) is 1.95. The fourth-order valence-electron chi connectivity index (χ4n) is 0.516. The van der Waals surface area contributed by atoms with E-state index < -0.39 is 7.75 Å². The Hall–Kier alpha value is 0.420. The second kappa shape index (κ2) is 5.99. The Morgan fingerprint density at radius 2 is 1.73 bits per heavy atom. The van der Waals surface area contributed by atoms with Crippen LogP contribution in [-0.4, -0.2) is 34.4 Å². The third-order valence-electron chi connectivity index (χ3n) is 0.846. The van der Waals surface area contributed by atoms with Gasteiger partial charge < -0.3 is 15.1 Å². The Labute approximate surface area is 70.0 Å². The zero-order valence-corrected chi connectivity index (χ0v) is 7.77. The lowest BCUT2D eigenvalue weighted by Gasteiger charge is -2.08. The van der Waals surface area contributed by atoms with Crippen molar-refractivity contribution in [1.82, 2.24) is 5.32 Å². The van der Waals surface area contributed by atoms with E-state index in [-0.39, 0.29) is 0 Å². The molecule has 0 bridgehead atoms. The van der Waals surface area contributed by atoms with Crippen LogP contribution in [0.4, 0.5) is 0 Å². The van der Waals surface area contributed by atoms with Crippen LogP contribution in [0.5, 0.6) is 0 Å². The van der Waals surface area contributed by atoms with E-state index in [9.17, 15) is 0 Å². The molecule has 5 N–H and O–H groups in total. The minimum absolute atomic E-state index is 1.21. The summed E-state index contributed by atoms with van der Waals surface area (Å²) >= 11 is 2.03. The van der Waals surface area contributed by atoms with Gasteiger partial charge in [-0.1, -0.05) is 0 Å². The maximum Gasteiger partial charge on any atom is 0.397 e. The monoisotopic (exact) mass is 200 g/mol. The van der Waals surface area contributed by atoms with Crippen molar-refractivity contribution in [2.75, 3.05) is 24.6 Å². The van der Waals surface area contributed by atoms with Gasteiger partial charge in [0.25, 0.3) is 0 Å². The largest absolute Gasteiger partial charge is 0.397 e. The van der Waals surface area contributed by atoms with Gasteiger partial charge in [-0.15, -0.1) is 0 Å². The summed E-state index contributed by atoms with van der Waals surface area (Å²) in [6, 6.07) is 0. The van der Waals surface area contributed by atoms with Gasteiger partial charge in [-0.2, -0.15) is 11.8 Å². The Kier molecular flexibility index (Phi) is 6.22. The molecule has 0 spiro atoms. The van der Waals surface area contributed by atoms with Gasteiger partial charge in [-0.05, 0) is 0 Å². The maximum absolute atomic E-state index is 9.10. The van der Waals surface area contributed by atoms with E-state index in [4.69, 9.17) is 14.4 Å². The van der Waals surface area contributed by atoms with Crippen LogP contribution >= 0.6 is 19.5 Å². The first-order chi connectivity index (χ1) is 5.00. The van der Waals surface area contributed by atoms with Crippen molar-refractivity contribution >= 4 is 19.5 Å². The Morgan fingerprint density at radius 1 is 1.36 bits per heavy atom. The Morgan fingerprint density at radius 3 is 1.82 bits per heavy atom.